The van der Waals surface area contributed by atoms with Crippen molar-refractivity contribution >= 4 is 5.82 Å². The summed E-state index contributed by atoms with van der Waals surface area (Å²) in [5, 5.41) is 3.19. The van der Waals surface area contributed by atoms with Crippen molar-refractivity contribution < 1.29 is 0 Å². The van der Waals surface area contributed by atoms with Crippen molar-refractivity contribution in [3.63, 3.8) is 0 Å². The van der Waals surface area contributed by atoms with Crippen molar-refractivity contribution in [3.05, 3.63) is 24.4 Å². The quantitative estimate of drug-likeness (QED) is 0.683. The van der Waals surface area contributed by atoms with E-state index < -0.39 is 0 Å². The third-order valence-corrected chi connectivity index (χ3v) is 1.10. The predicted molar refractivity (Wildman–Crippen MR) is 48.0 cm³/mol. The number of anilines is 1. The van der Waals surface area contributed by atoms with Gasteiger partial charge in [-0.3, -0.25) is 0 Å². The van der Waals surface area contributed by atoms with Crippen LogP contribution in [-0.4, -0.2) is 11.0 Å². The summed E-state index contributed by atoms with van der Waals surface area (Å²) >= 11 is 0. The summed E-state index contributed by atoms with van der Waals surface area (Å²) in [7, 11) is 0. The summed E-state index contributed by atoms with van der Waals surface area (Å²) in [6.45, 7) is 4.18. The van der Waals surface area contributed by atoms with Crippen LogP contribution in [0.1, 0.15) is 13.8 Å². The third-order valence-electron chi connectivity index (χ3n) is 1.10. The first-order valence-corrected chi connectivity index (χ1v) is 3.46. The number of rotatable bonds is 2. The zero-order valence-electron chi connectivity index (χ0n) is 7.04. The Hall–Kier alpha value is -1.09. The van der Waals surface area contributed by atoms with E-state index in [1.807, 2.05) is 18.2 Å². The standard InChI is InChI=1S/C8H12N2.H3N/c1-7(2)10-8-5-3-4-6-9-8;/h3-7H,1-2H3,(H,9,10);1H3. The van der Waals surface area contributed by atoms with Crippen LogP contribution < -0.4 is 11.5 Å². The zero-order chi connectivity index (χ0) is 7.40. The molecular weight excluding hydrogens is 138 g/mol. The zero-order valence-corrected chi connectivity index (χ0v) is 7.04. The van der Waals surface area contributed by atoms with Crippen LogP contribution in [0, 0.1) is 0 Å². The van der Waals surface area contributed by atoms with Crippen molar-refractivity contribution in [2.45, 2.75) is 19.9 Å². The van der Waals surface area contributed by atoms with Crippen LogP contribution in [0.5, 0.6) is 0 Å². The summed E-state index contributed by atoms with van der Waals surface area (Å²) < 4.78 is 0. The van der Waals surface area contributed by atoms with Crippen LogP contribution in [-0.2, 0) is 0 Å². The van der Waals surface area contributed by atoms with E-state index in [2.05, 4.69) is 24.1 Å². The molecule has 0 atom stereocenters. The van der Waals surface area contributed by atoms with Gasteiger partial charge in [0.25, 0.3) is 0 Å². The van der Waals surface area contributed by atoms with E-state index in [0.717, 1.165) is 5.82 Å². The fourth-order valence-electron chi connectivity index (χ4n) is 0.744. The minimum atomic E-state index is 0. The number of aromatic nitrogens is 1. The summed E-state index contributed by atoms with van der Waals surface area (Å²) in [4.78, 5) is 4.11. The molecule has 0 aliphatic heterocycles. The second-order valence-corrected chi connectivity index (χ2v) is 2.51. The van der Waals surface area contributed by atoms with Gasteiger partial charge in [-0.05, 0) is 26.0 Å². The van der Waals surface area contributed by atoms with Gasteiger partial charge in [0.2, 0.25) is 0 Å². The third kappa shape index (κ3) is 3.57. The molecule has 0 aliphatic carbocycles. The highest BCUT2D eigenvalue weighted by molar-refractivity contribution is 5.33. The summed E-state index contributed by atoms with van der Waals surface area (Å²) in [6.07, 6.45) is 1.78. The Morgan fingerprint density at radius 3 is 2.55 bits per heavy atom. The largest absolute Gasteiger partial charge is 0.368 e. The van der Waals surface area contributed by atoms with E-state index in [1.54, 1.807) is 6.20 Å². The molecule has 1 rings (SSSR count). The summed E-state index contributed by atoms with van der Waals surface area (Å²) in [6, 6.07) is 6.29. The lowest BCUT2D eigenvalue weighted by Gasteiger charge is -2.06. The van der Waals surface area contributed by atoms with Crippen LogP contribution in [0.2, 0.25) is 0 Å². The molecular formula is C8H15N3. The van der Waals surface area contributed by atoms with Gasteiger partial charge in [0.05, 0.1) is 0 Å². The first-order chi connectivity index (χ1) is 4.79. The van der Waals surface area contributed by atoms with Crippen LogP contribution in [0.3, 0.4) is 0 Å². The Morgan fingerprint density at radius 1 is 1.36 bits per heavy atom. The normalized spacial score (nSPS) is 9.00. The molecule has 0 unspecified atom stereocenters. The average molecular weight is 153 g/mol. The fourth-order valence-corrected chi connectivity index (χ4v) is 0.744. The van der Waals surface area contributed by atoms with E-state index in [4.69, 9.17) is 0 Å². The molecule has 1 aromatic heterocycles. The Kier molecular flexibility index (Phi) is 4.22. The first kappa shape index (κ1) is 9.91. The van der Waals surface area contributed by atoms with Crippen LogP contribution in [0.25, 0.3) is 0 Å². The fraction of sp³-hybridized carbons (Fsp3) is 0.375. The van der Waals surface area contributed by atoms with Crippen molar-refractivity contribution in [2.24, 2.45) is 0 Å². The van der Waals surface area contributed by atoms with Gasteiger partial charge in [-0.25, -0.2) is 4.98 Å². The minimum Gasteiger partial charge on any atom is -0.368 e. The molecule has 3 heteroatoms. The average Bonchev–Trinajstić information content (AvgIpc) is 1.88. The second kappa shape index (κ2) is 4.68. The highest BCUT2D eigenvalue weighted by Crippen LogP contribution is 2.00. The molecule has 1 aromatic rings. The Bertz CT molecular complexity index is 184. The molecule has 0 saturated carbocycles. The number of nitrogens with one attached hydrogen (secondary N) is 1. The number of hydrogen-bond acceptors (Lipinski definition) is 3. The van der Waals surface area contributed by atoms with Crippen molar-refractivity contribution in [1.29, 1.82) is 0 Å². The van der Waals surface area contributed by atoms with Gasteiger partial charge >= 0.3 is 0 Å². The highest BCUT2D eigenvalue weighted by atomic mass is 15.0. The molecule has 62 valence electrons. The van der Waals surface area contributed by atoms with Crippen LogP contribution in [0.4, 0.5) is 5.82 Å². The lowest BCUT2D eigenvalue weighted by Crippen LogP contribution is -2.10. The highest BCUT2D eigenvalue weighted by Gasteiger charge is 1.91. The molecule has 0 amide bonds. The lowest BCUT2D eigenvalue weighted by atomic mass is 10.4. The monoisotopic (exact) mass is 153 g/mol. The van der Waals surface area contributed by atoms with E-state index in [1.165, 1.54) is 0 Å². The van der Waals surface area contributed by atoms with E-state index in [-0.39, 0.29) is 6.15 Å². The van der Waals surface area contributed by atoms with Crippen LogP contribution in [0.15, 0.2) is 24.4 Å². The number of pyridine rings is 1. The van der Waals surface area contributed by atoms with Crippen molar-refractivity contribution in [1.82, 2.24) is 11.1 Å². The smallest absolute Gasteiger partial charge is 0.126 e. The molecule has 4 N–H and O–H groups in total. The van der Waals surface area contributed by atoms with Crippen molar-refractivity contribution in [3.8, 4) is 0 Å². The molecule has 3 nitrogen and oxygen atoms in total. The van der Waals surface area contributed by atoms with E-state index in [9.17, 15) is 0 Å². The van der Waals surface area contributed by atoms with Gasteiger partial charge in [0.1, 0.15) is 5.82 Å². The maximum Gasteiger partial charge on any atom is 0.126 e. The molecule has 0 aromatic carbocycles. The molecule has 0 saturated heterocycles. The molecule has 0 spiro atoms. The maximum atomic E-state index is 4.11. The number of hydrogen-bond donors (Lipinski definition) is 2. The van der Waals surface area contributed by atoms with E-state index in [0.29, 0.717) is 6.04 Å². The lowest BCUT2D eigenvalue weighted by molar-refractivity contribution is 0.889. The van der Waals surface area contributed by atoms with Crippen LogP contribution >= 0.6 is 0 Å². The number of nitrogens with zero attached hydrogens (tertiary/aromatic N) is 1. The topological polar surface area (TPSA) is 59.9 Å². The molecule has 1 heterocycles. The second-order valence-electron chi connectivity index (χ2n) is 2.51. The molecule has 0 radical (unpaired) electrons. The van der Waals surface area contributed by atoms with Gasteiger partial charge in [-0.1, -0.05) is 6.07 Å². The maximum absolute atomic E-state index is 4.11. The Morgan fingerprint density at radius 2 is 2.09 bits per heavy atom. The Balaban J connectivity index is 0.000001000. The molecule has 0 aliphatic rings. The minimum absolute atomic E-state index is 0. The molecule has 0 fully saturated rings. The first-order valence-electron chi connectivity index (χ1n) is 3.46. The SMILES string of the molecule is CC(C)Nc1ccccn1.N. The van der Waals surface area contributed by atoms with Gasteiger partial charge in [0, 0.05) is 12.2 Å². The summed E-state index contributed by atoms with van der Waals surface area (Å²) in [5.74, 6) is 0.942. The van der Waals surface area contributed by atoms with Gasteiger partial charge in [-0.2, -0.15) is 0 Å². The Labute approximate surface area is 67.4 Å². The van der Waals surface area contributed by atoms with Gasteiger partial charge in [-0.15, -0.1) is 0 Å². The van der Waals surface area contributed by atoms with E-state index >= 15 is 0 Å². The summed E-state index contributed by atoms with van der Waals surface area (Å²) in [5.41, 5.74) is 0. The van der Waals surface area contributed by atoms with Gasteiger partial charge < -0.3 is 11.5 Å². The molecule has 0 bridgehead atoms. The molecule has 11 heavy (non-hydrogen) atoms. The predicted octanol–water partition coefficient (Wildman–Crippen LogP) is 2.06. The van der Waals surface area contributed by atoms with Gasteiger partial charge in [0.15, 0.2) is 0 Å². The van der Waals surface area contributed by atoms with Crippen molar-refractivity contribution in [2.75, 3.05) is 5.32 Å².